The molecule has 6 heterocycles. The third-order valence-corrected chi connectivity index (χ3v) is 8.79. The molecule has 2 N–H and O–H groups in total. The van der Waals surface area contributed by atoms with Gasteiger partial charge in [0.2, 0.25) is 4.96 Å². The van der Waals surface area contributed by atoms with Crippen molar-refractivity contribution in [2.45, 2.75) is 30.5 Å². The number of morpholine rings is 1. The summed E-state index contributed by atoms with van der Waals surface area (Å²) in [6, 6.07) is 4.06. The van der Waals surface area contributed by atoms with Crippen molar-refractivity contribution in [2.75, 3.05) is 26.2 Å². The number of hydrogen-bond donors (Lipinski definition) is 2. The topological polar surface area (TPSA) is 99.7 Å². The normalized spacial score (nSPS) is 26.0. The maximum absolute atomic E-state index is 9.42. The minimum Gasteiger partial charge on any atom is -0.464 e. The van der Waals surface area contributed by atoms with Gasteiger partial charge in [-0.2, -0.15) is 10.4 Å². The summed E-state index contributed by atoms with van der Waals surface area (Å²) in [5.74, 6) is 0.565. The van der Waals surface area contributed by atoms with Crippen molar-refractivity contribution < 1.29 is 9.47 Å². The molecule has 3 unspecified atom stereocenters. The summed E-state index contributed by atoms with van der Waals surface area (Å²) >= 11 is 10.1. The van der Waals surface area contributed by atoms with Gasteiger partial charge >= 0.3 is 0 Å². The van der Waals surface area contributed by atoms with Crippen LogP contribution in [0.25, 0.3) is 4.96 Å². The lowest BCUT2D eigenvalue weighted by Crippen LogP contribution is -2.58. The van der Waals surface area contributed by atoms with E-state index in [4.69, 9.17) is 31.2 Å². The molecular weight excluding hydrogens is 518 g/mol. The van der Waals surface area contributed by atoms with E-state index in [-0.39, 0.29) is 12.1 Å². The standard InChI is InChI=1S/C24H24ClN7O2S2/c1-15-30-32-21-17(29-23(32)36-15)4-7-31(22(21)18-11-16(12-26)14-35-18)8-10-34-19-3-2-5-28-24(19,25)20-13-27-6-9-33-20/h2-3,5,8,10-11,14,20,22,27-28H,4,6-7,9,13H2,1H3. The molecule has 1 fully saturated rings. The summed E-state index contributed by atoms with van der Waals surface area (Å²) in [7, 11) is 0. The van der Waals surface area contributed by atoms with Crippen LogP contribution in [0.3, 0.4) is 0 Å². The van der Waals surface area contributed by atoms with E-state index in [1.807, 2.05) is 41.2 Å². The first-order valence-electron chi connectivity index (χ1n) is 11.7. The Labute approximate surface area is 221 Å². The number of aryl methyl sites for hydroxylation is 1. The molecule has 1 saturated heterocycles. The van der Waals surface area contributed by atoms with Gasteiger partial charge in [-0.15, -0.1) is 11.3 Å². The van der Waals surface area contributed by atoms with Gasteiger partial charge in [0.05, 0.1) is 23.6 Å². The highest BCUT2D eigenvalue weighted by molar-refractivity contribution is 7.16. The van der Waals surface area contributed by atoms with Gasteiger partial charge in [-0.1, -0.05) is 22.9 Å². The number of hydrogen-bond acceptors (Lipinski definition) is 10. The lowest BCUT2D eigenvalue weighted by atomic mass is 10.0. The maximum Gasteiger partial charge on any atom is 0.212 e. The largest absolute Gasteiger partial charge is 0.464 e. The first-order valence-corrected chi connectivity index (χ1v) is 13.7. The SMILES string of the molecule is Cc1nn2c3c(nc2s1)CCN(C=COC1=CC=CNC1(Cl)C1CNCCO1)C3c1cc(C#N)cs1. The van der Waals surface area contributed by atoms with Crippen molar-refractivity contribution in [3.05, 3.63) is 74.9 Å². The molecule has 12 heteroatoms. The number of dihydropyridines is 1. The molecule has 0 aliphatic carbocycles. The van der Waals surface area contributed by atoms with E-state index in [2.05, 4.69) is 21.6 Å². The Morgan fingerprint density at radius 1 is 1.44 bits per heavy atom. The zero-order chi connectivity index (χ0) is 24.7. The molecule has 3 aliphatic heterocycles. The lowest BCUT2D eigenvalue weighted by Gasteiger charge is -2.39. The monoisotopic (exact) mass is 541 g/mol. The van der Waals surface area contributed by atoms with Gasteiger partial charge in [-0.05, 0) is 31.3 Å². The smallest absolute Gasteiger partial charge is 0.212 e. The van der Waals surface area contributed by atoms with Crippen LogP contribution in [-0.2, 0) is 15.9 Å². The fraction of sp³-hybridized carbons (Fsp3) is 0.375. The second-order valence-electron chi connectivity index (χ2n) is 8.71. The quantitative estimate of drug-likeness (QED) is 0.288. The Kier molecular flexibility index (Phi) is 6.23. The molecule has 0 bridgehead atoms. The summed E-state index contributed by atoms with van der Waals surface area (Å²) < 4.78 is 14.0. The second kappa shape index (κ2) is 9.53. The first-order chi connectivity index (χ1) is 17.6. The highest BCUT2D eigenvalue weighted by Crippen LogP contribution is 2.39. The average Bonchev–Trinajstić information content (AvgIpc) is 3.60. The molecule has 3 aliphatic rings. The van der Waals surface area contributed by atoms with Gasteiger partial charge in [0.15, 0.2) is 5.00 Å². The molecule has 3 atom stereocenters. The number of nitriles is 1. The number of allylic oxidation sites excluding steroid dienone is 2. The van der Waals surface area contributed by atoms with Crippen LogP contribution in [0.5, 0.6) is 0 Å². The number of imidazole rings is 1. The minimum absolute atomic E-state index is 0.137. The van der Waals surface area contributed by atoms with Crippen LogP contribution in [0.1, 0.15) is 32.9 Å². The van der Waals surface area contributed by atoms with E-state index in [1.54, 1.807) is 35.1 Å². The predicted octanol–water partition coefficient (Wildman–Crippen LogP) is 3.39. The number of fused-ring (bicyclic) bond motifs is 3. The lowest BCUT2D eigenvalue weighted by molar-refractivity contribution is -0.00620. The van der Waals surface area contributed by atoms with Gasteiger partial charge in [0.25, 0.3) is 0 Å². The molecule has 9 nitrogen and oxygen atoms in total. The molecule has 3 aromatic rings. The van der Waals surface area contributed by atoms with E-state index < -0.39 is 5.00 Å². The van der Waals surface area contributed by atoms with Crippen LogP contribution in [-0.4, -0.2) is 56.8 Å². The van der Waals surface area contributed by atoms with Crippen molar-refractivity contribution in [2.24, 2.45) is 0 Å². The second-order valence-corrected chi connectivity index (χ2v) is 11.4. The van der Waals surface area contributed by atoms with Crippen LogP contribution in [0, 0.1) is 18.3 Å². The number of alkyl halides is 1. The number of nitrogens with one attached hydrogen (secondary N) is 2. The van der Waals surface area contributed by atoms with Crippen molar-refractivity contribution >= 4 is 39.2 Å². The summed E-state index contributed by atoms with van der Waals surface area (Å²) in [4.78, 5) is 7.99. The van der Waals surface area contributed by atoms with Crippen LogP contribution in [0.4, 0.5) is 0 Å². The van der Waals surface area contributed by atoms with Gasteiger partial charge in [-0.3, -0.25) is 0 Å². The van der Waals surface area contributed by atoms with Gasteiger partial charge in [0.1, 0.15) is 35.2 Å². The fourth-order valence-electron chi connectivity index (χ4n) is 4.77. The first kappa shape index (κ1) is 23.5. The molecule has 0 radical (unpaired) electrons. The zero-order valence-electron chi connectivity index (χ0n) is 19.5. The van der Waals surface area contributed by atoms with Gasteiger partial charge in [-0.25, -0.2) is 9.50 Å². The Bertz CT molecular complexity index is 1410. The van der Waals surface area contributed by atoms with E-state index in [1.165, 1.54) is 0 Å². The molecule has 36 heavy (non-hydrogen) atoms. The summed E-state index contributed by atoms with van der Waals surface area (Å²) in [6.45, 7) is 4.74. The molecule has 186 valence electrons. The average molecular weight is 542 g/mol. The van der Waals surface area contributed by atoms with Crippen LogP contribution < -0.4 is 10.6 Å². The fourth-order valence-corrected chi connectivity index (χ4v) is 6.80. The number of rotatable bonds is 5. The highest BCUT2D eigenvalue weighted by Gasteiger charge is 2.44. The van der Waals surface area contributed by atoms with E-state index in [0.29, 0.717) is 24.5 Å². The van der Waals surface area contributed by atoms with E-state index >= 15 is 0 Å². The van der Waals surface area contributed by atoms with E-state index in [0.717, 1.165) is 45.7 Å². The molecule has 0 saturated carbocycles. The van der Waals surface area contributed by atoms with Crippen molar-refractivity contribution in [3.63, 3.8) is 0 Å². The van der Waals surface area contributed by atoms with Crippen LogP contribution >= 0.6 is 34.3 Å². The summed E-state index contributed by atoms with van der Waals surface area (Å²) in [5.41, 5.74) is 2.73. The Morgan fingerprint density at radius 3 is 3.17 bits per heavy atom. The Morgan fingerprint density at radius 2 is 2.36 bits per heavy atom. The molecule has 0 amide bonds. The number of thiophene rings is 1. The molecule has 0 spiro atoms. The summed E-state index contributed by atoms with van der Waals surface area (Å²) in [5, 5.41) is 23.5. The maximum atomic E-state index is 9.42. The van der Waals surface area contributed by atoms with Crippen molar-refractivity contribution in [3.8, 4) is 6.07 Å². The third kappa shape index (κ3) is 4.09. The number of ether oxygens (including phenoxy) is 2. The molecule has 3 aromatic heterocycles. The zero-order valence-corrected chi connectivity index (χ0v) is 21.9. The van der Waals surface area contributed by atoms with Gasteiger partial charge in [0, 0.05) is 42.5 Å². The Balaban J connectivity index is 1.30. The van der Waals surface area contributed by atoms with Crippen molar-refractivity contribution in [1.29, 1.82) is 5.26 Å². The van der Waals surface area contributed by atoms with Gasteiger partial charge < -0.3 is 25.0 Å². The van der Waals surface area contributed by atoms with E-state index in [9.17, 15) is 5.26 Å². The Hall–Kier alpha value is -2.88. The molecule has 0 aromatic carbocycles. The minimum atomic E-state index is -1.01. The number of aromatic nitrogens is 3. The highest BCUT2D eigenvalue weighted by atomic mass is 35.5. The number of nitrogens with zero attached hydrogens (tertiary/aromatic N) is 5. The molecular formula is C24H24ClN7O2S2. The number of halogens is 1. The summed E-state index contributed by atoms with van der Waals surface area (Å²) in [6.07, 6.45) is 9.62. The third-order valence-electron chi connectivity index (χ3n) is 6.45. The van der Waals surface area contributed by atoms with Crippen LogP contribution in [0.15, 0.2) is 48.0 Å². The predicted molar refractivity (Wildman–Crippen MR) is 139 cm³/mol. The van der Waals surface area contributed by atoms with Crippen LogP contribution in [0.2, 0.25) is 0 Å². The molecule has 6 rings (SSSR count). The van der Waals surface area contributed by atoms with Crippen molar-refractivity contribution in [1.82, 2.24) is 30.1 Å².